The predicted molar refractivity (Wildman–Crippen MR) is 130 cm³/mol. The summed E-state index contributed by atoms with van der Waals surface area (Å²) in [5.74, 6) is 0.0678. The van der Waals surface area contributed by atoms with Gasteiger partial charge in [0.05, 0.1) is 22.7 Å². The minimum absolute atomic E-state index is 0.221. The highest BCUT2D eigenvalue weighted by Crippen LogP contribution is 2.37. The zero-order valence-corrected chi connectivity index (χ0v) is 20.6. The third-order valence-electron chi connectivity index (χ3n) is 4.38. The number of methoxy groups -OCH3 is 2. The maximum atomic E-state index is 12.7. The van der Waals surface area contributed by atoms with Crippen molar-refractivity contribution < 1.29 is 23.9 Å². The van der Waals surface area contributed by atoms with E-state index in [1.165, 1.54) is 7.11 Å². The molecule has 162 valence electrons. The molecule has 0 aliphatic carbocycles. The van der Waals surface area contributed by atoms with Gasteiger partial charge in [-0.2, -0.15) is 0 Å². The molecule has 1 N–H and O–H groups in total. The van der Waals surface area contributed by atoms with Crippen LogP contribution >= 0.6 is 46.0 Å². The van der Waals surface area contributed by atoms with Gasteiger partial charge in [-0.05, 0) is 82.7 Å². The molecule has 31 heavy (non-hydrogen) atoms. The lowest BCUT2D eigenvalue weighted by molar-refractivity contribution is -0.127. The number of halogens is 2. The number of hydrogen-bond acceptors (Lipinski definition) is 6. The quantitative estimate of drug-likeness (QED) is 0.390. The maximum absolute atomic E-state index is 12.7. The second-order valence-corrected chi connectivity index (χ2v) is 9.08. The second kappa shape index (κ2) is 9.92. The summed E-state index contributed by atoms with van der Waals surface area (Å²) < 4.78 is 11.4. The lowest BCUT2D eigenvalue weighted by Crippen LogP contribution is -2.36. The predicted octanol–water partition coefficient (Wildman–Crippen LogP) is 4.95. The lowest BCUT2D eigenvalue weighted by atomic mass is 10.2. The number of nitrogens with one attached hydrogen (secondary N) is 1. The summed E-state index contributed by atoms with van der Waals surface area (Å²) in [4.78, 5) is 38.6. The van der Waals surface area contributed by atoms with Crippen molar-refractivity contribution in [3.05, 3.63) is 55.0 Å². The van der Waals surface area contributed by atoms with Crippen molar-refractivity contribution in [2.45, 2.75) is 6.92 Å². The maximum Gasteiger partial charge on any atom is 0.294 e. The third kappa shape index (κ3) is 5.34. The topological polar surface area (TPSA) is 84.9 Å². The number of amides is 3. The Hall–Kier alpha value is -2.24. The number of carbonyl (C=O) groups is 3. The summed E-state index contributed by atoms with van der Waals surface area (Å²) in [5, 5.41) is 2.65. The van der Waals surface area contributed by atoms with Gasteiger partial charge in [0.25, 0.3) is 11.1 Å². The molecular formula is C21H18ClIN2O5S. The van der Waals surface area contributed by atoms with Crippen molar-refractivity contribution in [1.82, 2.24) is 4.90 Å². The average molecular weight is 573 g/mol. The smallest absolute Gasteiger partial charge is 0.294 e. The van der Waals surface area contributed by atoms with Crippen LogP contribution in [0.25, 0.3) is 6.08 Å². The van der Waals surface area contributed by atoms with E-state index in [4.69, 9.17) is 21.1 Å². The molecule has 10 heteroatoms. The Morgan fingerprint density at radius 1 is 1.23 bits per heavy atom. The molecule has 0 saturated carbocycles. The highest BCUT2D eigenvalue weighted by atomic mass is 127. The number of hydrogen-bond donors (Lipinski definition) is 1. The molecule has 2 aromatic carbocycles. The van der Waals surface area contributed by atoms with E-state index in [1.807, 2.05) is 13.0 Å². The fourth-order valence-corrected chi connectivity index (χ4v) is 4.69. The monoisotopic (exact) mass is 572 g/mol. The molecule has 1 heterocycles. The van der Waals surface area contributed by atoms with E-state index in [0.717, 1.165) is 25.8 Å². The van der Waals surface area contributed by atoms with Crippen LogP contribution in [0.2, 0.25) is 5.02 Å². The second-order valence-electron chi connectivity index (χ2n) is 6.52. The molecule has 3 rings (SSSR count). The van der Waals surface area contributed by atoms with Crippen molar-refractivity contribution >= 4 is 74.8 Å². The molecule has 1 aliphatic heterocycles. The van der Waals surface area contributed by atoms with Gasteiger partial charge in [-0.3, -0.25) is 19.3 Å². The normalized spacial score (nSPS) is 14.9. The number of aryl methyl sites for hydroxylation is 1. The summed E-state index contributed by atoms with van der Waals surface area (Å²) >= 11 is 8.95. The lowest BCUT2D eigenvalue weighted by Gasteiger charge is -2.13. The molecule has 7 nitrogen and oxygen atoms in total. The van der Waals surface area contributed by atoms with Crippen molar-refractivity contribution in [1.29, 1.82) is 0 Å². The van der Waals surface area contributed by atoms with Crippen LogP contribution in [-0.4, -0.2) is 42.7 Å². The van der Waals surface area contributed by atoms with Gasteiger partial charge in [0.1, 0.15) is 6.54 Å². The van der Waals surface area contributed by atoms with E-state index in [0.29, 0.717) is 27.8 Å². The van der Waals surface area contributed by atoms with Crippen LogP contribution in [0.3, 0.4) is 0 Å². The molecule has 0 radical (unpaired) electrons. The highest BCUT2D eigenvalue weighted by molar-refractivity contribution is 14.1. The fourth-order valence-electron chi connectivity index (χ4n) is 2.82. The van der Waals surface area contributed by atoms with E-state index in [9.17, 15) is 14.4 Å². The zero-order valence-electron chi connectivity index (χ0n) is 16.8. The molecule has 0 aromatic heterocycles. The average Bonchev–Trinajstić information content (AvgIpc) is 2.97. The number of ether oxygens (including phenoxy) is 2. The van der Waals surface area contributed by atoms with Gasteiger partial charge in [0, 0.05) is 10.7 Å². The molecule has 1 fully saturated rings. The number of imide groups is 1. The van der Waals surface area contributed by atoms with Crippen molar-refractivity contribution in [3.8, 4) is 11.5 Å². The van der Waals surface area contributed by atoms with Crippen molar-refractivity contribution in [2.75, 3.05) is 26.1 Å². The minimum Gasteiger partial charge on any atom is -0.493 e. The van der Waals surface area contributed by atoms with Gasteiger partial charge in [-0.15, -0.1) is 0 Å². The minimum atomic E-state index is -0.531. The SMILES string of the molecule is COc1cc(/C=C2/SC(=O)N(CC(=O)Nc3ccc(C)c(Cl)c3)C2=O)cc(I)c1OC. The van der Waals surface area contributed by atoms with E-state index in [1.54, 1.807) is 37.5 Å². The Bertz CT molecular complexity index is 1110. The standard InChI is InChI=1S/C21H18ClIN2O5S/c1-11-4-5-13(9-14(11)22)24-18(26)10-25-20(27)17(31-21(25)28)8-12-6-15(23)19(30-3)16(7-12)29-2/h4-9H,10H2,1-3H3,(H,24,26)/b17-8+. The first-order chi connectivity index (χ1) is 14.7. The van der Waals surface area contributed by atoms with Gasteiger partial charge in [-0.1, -0.05) is 17.7 Å². The van der Waals surface area contributed by atoms with Crippen LogP contribution in [0, 0.1) is 10.5 Å². The molecule has 0 bridgehead atoms. The molecule has 3 amide bonds. The van der Waals surface area contributed by atoms with E-state index < -0.39 is 23.6 Å². The van der Waals surface area contributed by atoms with Gasteiger partial charge in [-0.25, -0.2) is 0 Å². The van der Waals surface area contributed by atoms with Crippen LogP contribution in [0.4, 0.5) is 10.5 Å². The molecule has 1 aliphatic rings. The third-order valence-corrected chi connectivity index (χ3v) is 6.50. The number of benzene rings is 2. The molecule has 2 aromatic rings. The Morgan fingerprint density at radius 3 is 2.61 bits per heavy atom. The number of nitrogens with zero attached hydrogens (tertiary/aromatic N) is 1. The first kappa shape index (κ1) is 23.4. The summed E-state index contributed by atoms with van der Waals surface area (Å²) in [5.41, 5.74) is 2.04. The van der Waals surface area contributed by atoms with Crippen LogP contribution in [0.5, 0.6) is 11.5 Å². The molecule has 1 saturated heterocycles. The summed E-state index contributed by atoms with van der Waals surface area (Å²) in [6.07, 6.45) is 1.59. The number of carbonyl (C=O) groups excluding carboxylic acids is 3. The molecule has 0 spiro atoms. The molecule has 0 unspecified atom stereocenters. The fraction of sp³-hybridized carbons (Fsp3) is 0.190. The zero-order chi connectivity index (χ0) is 22.7. The van der Waals surface area contributed by atoms with Crippen LogP contribution in [0.15, 0.2) is 35.2 Å². The van der Waals surface area contributed by atoms with E-state index >= 15 is 0 Å². The van der Waals surface area contributed by atoms with Crippen LogP contribution in [0.1, 0.15) is 11.1 Å². The Labute approximate surface area is 202 Å². The largest absolute Gasteiger partial charge is 0.493 e. The Balaban J connectivity index is 1.75. The summed E-state index contributed by atoms with van der Waals surface area (Å²) in [6, 6.07) is 8.60. The molecule has 0 atom stereocenters. The van der Waals surface area contributed by atoms with Crippen molar-refractivity contribution in [3.63, 3.8) is 0 Å². The number of rotatable bonds is 6. The molecular weight excluding hydrogens is 555 g/mol. The Morgan fingerprint density at radius 2 is 1.97 bits per heavy atom. The van der Waals surface area contributed by atoms with E-state index in [-0.39, 0.29) is 4.91 Å². The first-order valence-electron chi connectivity index (χ1n) is 8.96. The first-order valence-corrected chi connectivity index (χ1v) is 11.2. The van der Waals surface area contributed by atoms with Gasteiger partial charge in [0.2, 0.25) is 5.91 Å². The highest BCUT2D eigenvalue weighted by Gasteiger charge is 2.36. The number of thioether (sulfide) groups is 1. The van der Waals surface area contributed by atoms with Crippen LogP contribution < -0.4 is 14.8 Å². The van der Waals surface area contributed by atoms with E-state index in [2.05, 4.69) is 27.9 Å². The van der Waals surface area contributed by atoms with Gasteiger partial charge in [0.15, 0.2) is 11.5 Å². The summed E-state index contributed by atoms with van der Waals surface area (Å²) in [7, 11) is 3.06. The Kier molecular flexibility index (Phi) is 7.50. The van der Waals surface area contributed by atoms with Crippen LogP contribution in [-0.2, 0) is 9.59 Å². The van der Waals surface area contributed by atoms with Gasteiger partial charge < -0.3 is 14.8 Å². The van der Waals surface area contributed by atoms with Crippen molar-refractivity contribution in [2.24, 2.45) is 0 Å². The number of anilines is 1. The van der Waals surface area contributed by atoms with Gasteiger partial charge >= 0.3 is 0 Å². The summed E-state index contributed by atoms with van der Waals surface area (Å²) in [6.45, 7) is 1.46.